The summed E-state index contributed by atoms with van der Waals surface area (Å²) in [4.78, 5) is 0. The molecule has 1 fully saturated rings. The highest BCUT2D eigenvalue weighted by molar-refractivity contribution is 4.85. The van der Waals surface area contributed by atoms with Crippen LogP contribution in [0.3, 0.4) is 0 Å². The molecule has 0 spiro atoms. The van der Waals surface area contributed by atoms with Gasteiger partial charge in [-0.2, -0.15) is 13.2 Å². The summed E-state index contributed by atoms with van der Waals surface area (Å²) in [5.41, 5.74) is 0. The van der Waals surface area contributed by atoms with Gasteiger partial charge in [-0.05, 0) is 0 Å². The van der Waals surface area contributed by atoms with Crippen LogP contribution in [0.4, 0.5) is 13.2 Å². The molecule has 12 heavy (non-hydrogen) atoms. The van der Waals surface area contributed by atoms with Gasteiger partial charge in [-0.1, -0.05) is 0 Å². The molecule has 0 aromatic rings. The van der Waals surface area contributed by atoms with E-state index in [1.165, 1.54) is 0 Å². The van der Waals surface area contributed by atoms with Gasteiger partial charge in [0.2, 0.25) is 0 Å². The number of hydrogen-bond acceptors (Lipinski definition) is 3. The summed E-state index contributed by atoms with van der Waals surface area (Å²) < 4.78 is 36.5. The van der Waals surface area contributed by atoms with E-state index in [0.717, 1.165) is 5.01 Å². The first-order chi connectivity index (χ1) is 5.45. The maximum absolute atomic E-state index is 12.2. The number of rotatable bonds is 1. The molecule has 0 radical (unpaired) electrons. The van der Waals surface area contributed by atoms with Crippen LogP contribution in [0.5, 0.6) is 0 Å². The highest BCUT2D eigenvalue weighted by atomic mass is 19.4. The minimum Gasteiger partial charge on any atom is -0.396 e. The molecule has 2 atom stereocenters. The molecule has 3 N–H and O–H groups in total. The Hall–Kier alpha value is -0.330. The molecule has 1 rings (SSSR count). The van der Waals surface area contributed by atoms with Gasteiger partial charge < -0.3 is 5.11 Å². The fraction of sp³-hybridized carbons (Fsp3) is 1.00. The van der Waals surface area contributed by atoms with Crippen LogP contribution in [-0.4, -0.2) is 36.0 Å². The van der Waals surface area contributed by atoms with Gasteiger partial charge in [-0.25, -0.2) is 5.01 Å². The van der Waals surface area contributed by atoms with Crippen molar-refractivity contribution < 1.29 is 18.3 Å². The first-order valence-corrected chi connectivity index (χ1v) is 3.62. The second-order valence-electron chi connectivity index (χ2n) is 3.04. The molecule has 0 saturated carbocycles. The van der Waals surface area contributed by atoms with Crippen LogP contribution in [0.15, 0.2) is 0 Å². The predicted octanol–water partition coefficient (Wildman–Crippen LogP) is -0.0373. The summed E-state index contributed by atoms with van der Waals surface area (Å²) in [5, 5.41) is 9.73. The van der Waals surface area contributed by atoms with Crippen LogP contribution >= 0.6 is 0 Å². The van der Waals surface area contributed by atoms with Crippen LogP contribution in [0.25, 0.3) is 0 Å². The van der Waals surface area contributed by atoms with Crippen molar-refractivity contribution in [3.63, 3.8) is 0 Å². The molecule has 0 aromatic carbocycles. The van der Waals surface area contributed by atoms with Gasteiger partial charge in [0.1, 0.15) is 0 Å². The Balaban J connectivity index is 2.64. The number of nitrogens with zero attached hydrogens (tertiary/aromatic N) is 1. The van der Waals surface area contributed by atoms with Crippen molar-refractivity contribution >= 4 is 0 Å². The lowest BCUT2D eigenvalue weighted by molar-refractivity contribution is -0.183. The molecule has 3 nitrogen and oxygen atoms in total. The normalized spacial score (nSPS) is 32.8. The van der Waals surface area contributed by atoms with Gasteiger partial charge in [-0.15, -0.1) is 0 Å². The predicted molar refractivity (Wildman–Crippen MR) is 35.9 cm³/mol. The lowest BCUT2D eigenvalue weighted by Crippen LogP contribution is -2.32. The fourth-order valence-electron chi connectivity index (χ4n) is 1.46. The van der Waals surface area contributed by atoms with Crippen molar-refractivity contribution in [1.29, 1.82) is 0 Å². The highest BCUT2D eigenvalue weighted by Gasteiger charge is 2.48. The van der Waals surface area contributed by atoms with Gasteiger partial charge in [0.15, 0.2) is 0 Å². The third kappa shape index (κ3) is 1.88. The average molecular weight is 184 g/mol. The Morgan fingerprint density at radius 2 is 2.00 bits per heavy atom. The summed E-state index contributed by atoms with van der Waals surface area (Å²) in [7, 11) is 0. The molecule has 0 aromatic heterocycles. The standard InChI is InChI=1S/C6H11F3N2O/c7-6(8,9)5-2-11(10)1-4(5)3-12/h4-5,12H,1-3,10H2/t4-,5+/m0/s1. The van der Waals surface area contributed by atoms with E-state index < -0.39 is 24.6 Å². The van der Waals surface area contributed by atoms with E-state index in [1.54, 1.807) is 0 Å². The Morgan fingerprint density at radius 3 is 2.33 bits per heavy atom. The molecule has 0 amide bonds. The van der Waals surface area contributed by atoms with Crippen LogP contribution < -0.4 is 5.84 Å². The lowest BCUT2D eigenvalue weighted by Gasteiger charge is -2.18. The van der Waals surface area contributed by atoms with E-state index >= 15 is 0 Å². The summed E-state index contributed by atoms with van der Waals surface area (Å²) >= 11 is 0. The van der Waals surface area contributed by atoms with E-state index in [9.17, 15) is 13.2 Å². The summed E-state index contributed by atoms with van der Waals surface area (Å²) in [5.74, 6) is 2.96. The van der Waals surface area contributed by atoms with Crippen molar-refractivity contribution in [2.24, 2.45) is 17.7 Å². The second kappa shape index (κ2) is 3.20. The van der Waals surface area contributed by atoms with Crippen molar-refractivity contribution in [3.05, 3.63) is 0 Å². The zero-order valence-electron chi connectivity index (χ0n) is 6.38. The molecular formula is C6H11F3N2O. The van der Waals surface area contributed by atoms with Gasteiger partial charge in [0, 0.05) is 25.6 Å². The van der Waals surface area contributed by atoms with Crippen molar-refractivity contribution in [1.82, 2.24) is 5.01 Å². The van der Waals surface area contributed by atoms with Crippen LogP contribution in [0.2, 0.25) is 0 Å². The fourth-order valence-corrected chi connectivity index (χ4v) is 1.46. The third-order valence-electron chi connectivity index (χ3n) is 2.12. The number of hydrogen-bond donors (Lipinski definition) is 2. The Kier molecular flexibility index (Phi) is 2.60. The SMILES string of the molecule is NN1C[C@@H](CO)[C@H](C(F)(F)F)C1. The zero-order chi connectivity index (χ0) is 9.35. The number of halogens is 3. The largest absolute Gasteiger partial charge is 0.396 e. The number of nitrogens with two attached hydrogens (primary N) is 1. The minimum atomic E-state index is -4.25. The van der Waals surface area contributed by atoms with Crippen LogP contribution in [0, 0.1) is 11.8 Å². The third-order valence-corrected chi connectivity index (χ3v) is 2.12. The Labute approximate surface area is 67.9 Å². The number of aliphatic hydroxyl groups excluding tert-OH is 1. The van der Waals surface area contributed by atoms with Gasteiger partial charge in [-0.3, -0.25) is 5.84 Å². The van der Waals surface area contributed by atoms with Crippen molar-refractivity contribution in [2.45, 2.75) is 6.18 Å². The Morgan fingerprint density at radius 1 is 1.42 bits per heavy atom. The minimum absolute atomic E-state index is 0.112. The number of aliphatic hydroxyl groups is 1. The lowest BCUT2D eigenvalue weighted by atomic mass is 9.97. The number of hydrazine groups is 1. The van der Waals surface area contributed by atoms with Gasteiger partial charge >= 0.3 is 6.18 Å². The first-order valence-electron chi connectivity index (χ1n) is 3.62. The first kappa shape index (κ1) is 9.76. The average Bonchev–Trinajstić information content (AvgIpc) is 2.29. The zero-order valence-corrected chi connectivity index (χ0v) is 6.38. The van der Waals surface area contributed by atoms with Crippen molar-refractivity contribution in [2.75, 3.05) is 19.7 Å². The van der Waals surface area contributed by atoms with E-state index in [1.807, 2.05) is 0 Å². The molecule has 0 bridgehead atoms. The van der Waals surface area contributed by atoms with Crippen LogP contribution in [-0.2, 0) is 0 Å². The highest BCUT2D eigenvalue weighted by Crippen LogP contribution is 2.36. The van der Waals surface area contributed by atoms with E-state index in [4.69, 9.17) is 10.9 Å². The molecular weight excluding hydrogens is 173 g/mol. The molecule has 1 aliphatic rings. The molecule has 1 heterocycles. The topological polar surface area (TPSA) is 49.5 Å². The maximum Gasteiger partial charge on any atom is 0.393 e. The quantitative estimate of drug-likeness (QED) is 0.562. The summed E-state index contributed by atoms with van der Waals surface area (Å²) in [6.45, 7) is -0.562. The molecule has 1 aliphatic heterocycles. The van der Waals surface area contributed by atoms with Gasteiger partial charge in [0.25, 0.3) is 0 Å². The molecule has 0 aliphatic carbocycles. The monoisotopic (exact) mass is 184 g/mol. The van der Waals surface area contributed by atoms with E-state index in [2.05, 4.69) is 0 Å². The molecule has 0 unspecified atom stereocenters. The summed E-state index contributed by atoms with van der Waals surface area (Å²) in [6, 6.07) is 0. The smallest absolute Gasteiger partial charge is 0.393 e. The van der Waals surface area contributed by atoms with Gasteiger partial charge in [0.05, 0.1) is 5.92 Å². The molecule has 72 valence electrons. The number of alkyl halides is 3. The van der Waals surface area contributed by atoms with Crippen molar-refractivity contribution in [3.8, 4) is 0 Å². The molecule has 1 saturated heterocycles. The Bertz CT molecular complexity index is 161. The van der Waals surface area contributed by atoms with E-state index in [-0.39, 0.29) is 13.1 Å². The molecule has 6 heteroatoms. The maximum atomic E-state index is 12.2. The van der Waals surface area contributed by atoms with E-state index in [0.29, 0.717) is 0 Å². The summed E-state index contributed by atoms with van der Waals surface area (Å²) in [6.07, 6.45) is -4.25. The van der Waals surface area contributed by atoms with Crippen LogP contribution in [0.1, 0.15) is 0 Å². The second-order valence-corrected chi connectivity index (χ2v) is 3.04.